The second-order valence-corrected chi connectivity index (χ2v) is 0. The monoisotopic (exact) mass is 231 g/mol. The first-order valence-corrected chi connectivity index (χ1v) is 0. The molecule has 0 aliphatic carbocycles. The van der Waals surface area contributed by atoms with E-state index in [1.165, 1.54) is 0 Å². The van der Waals surface area contributed by atoms with Crippen molar-refractivity contribution in [2.75, 3.05) is 0 Å². The molecule has 0 heterocycles. The summed E-state index contributed by atoms with van der Waals surface area (Å²) in [6.45, 7) is 0. The first-order chi connectivity index (χ1) is 0. The average molecular weight is 231 g/mol. The van der Waals surface area contributed by atoms with Gasteiger partial charge in [0.05, 0.1) is 0 Å². The molecule has 0 saturated heterocycles. The molecule has 5 heteroatoms. The van der Waals surface area contributed by atoms with Crippen LogP contribution in [0.25, 0.3) is 0 Å². The Hall–Kier alpha value is 2.70. The second kappa shape index (κ2) is 29.9. The van der Waals surface area contributed by atoms with E-state index < -0.39 is 0 Å². The van der Waals surface area contributed by atoms with Crippen LogP contribution in [0.1, 0.15) is 1.43 Å². The minimum Gasteiger partial charge on any atom is -1.00 e. The topological polar surface area (TPSA) is 0 Å². The molecule has 0 saturated carbocycles. The largest absolute Gasteiger partial charge is 1.00 e. The van der Waals surface area contributed by atoms with Gasteiger partial charge in [-0.05, 0) is 0 Å². The molecule has 0 aromatic heterocycles. The van der Waals surface area contributed by atoms with E-state index in [4.69, 9.17) is 0 Å². The van der Waals surface area contributed by atoms with Gasteiger partial charge in [-0.1, -0.05) is 0 Å². The van der Waals surface area contributed by atoms with E-state index in [2.05, 4.69) is 0 Å². The van der Waals surface area contributed by atoms with Crippen LogP contribution in [0.5, 0.6) is 0 Å². The average Bonchev–Trinajstić information content (AvgIpc) is 0. The Labute approximate surface area is 88.1 Å². The zero-order valence-electron chi connectivity index (χ0n) is 3.47. The van der Waals surface area contributed by atoms with E-state index in [0.717, 1.165) is 0 Å². The molecule has 0 bridgehead atoms. The molecule has 0 atom stereocenters. The van der Waals surface area contributed by atoms with Gasteiger partial charge >= 0.3 is 18.9 Å². The Morgan fingerprint density at radius 2 is 1.20 bits per heavy atom. The summed E-state index contributed by atoms with van der Waals surface area (Å²) >= 11 is 0. The van der Waals surface area contributed by atoms with Gasteiger partial charge in [0.2, 0.25) is 0 Å². The van der Waals surface area contributed by atoms with Gasteiger partial charge in [0.25, 0.3) is 0 Å². The van der Waals surface area contributed by atoms with E-state index in [1.807, 2.05) is 0 Å². The van der Waals surface area contributed by atoms with Gasteiger partial charge in [-0.15, -0.1) is 0 Å². The maximum absolute atomic E-state index is 0. The molecule has 0 aromatic carbocycles. The van der Waals surface area contributed by atoms with Crippen molar-refractivity contribution < 1.29 is 89.2 Å². The quantitative estimate of drug-likeness (QED) is 0.393. The molecular weight excluding hydrogens is 230 g/mol. The number of rotatable bonds is 0. The fourth-order valence-electron chi connectivity index (χ4n) is 0. The minimum absolute atomic E-state index is 0. The molecule has 0 N–H and O–H groups in total. The molecule has 0 aromatic rings. The van der Waals surface area contributed by atoms with Crippen molar-refractivity contribution >= 4 is 0 Å². The SMILES string of the molecule is [Co].[H-].[Li+].[Mn].[Ni].[V]. The molecule has 0 nitrogen and oxygen atoms in total. The van der Waals surface area contributed by atoms with Gasteiger partial charge < -0.3 is 1.43 Å². The van der Waals surface area contributed by atoms with Crippen molar-refractivity contribution in [3.05, 3.63) is 0 Å². The Morgan fingerprint density at radius 3 is 1.20 bits per heavy atom. The minimum atomic E-state index is 0. The van der Waals surface area contributed by atoms with Crippen molar-refractivity contribution in [2.24, 2.45) is 0 Å². The van der Waals surface area contributed by atoms with E-state index in [0.29, 0.717) is 0 Å². The molecule has 0 spiro atoms. The first kappa shape index (κ1) is 47.4. The fraction of sp³-hybridized carbons (Fsp3) is 0. The summed E-state index contributed by atoms with van der Waals surface area (Å²) in [5, 5.41) is 0. The zero-order valence-corrected chi connectivity index (χ0v) is 7.08. The standard InChI is InChI=1S/Co.Li.Mn.Ni.V.H/q;+1;;;;-1. The predicted molar refractivity (Wildman–Crippen MR) is 1.11 cm³/mol. The molecule has 5 heavy (non-hydrogen) atoms. The van der Waals surface area contributed by atoms with Crippen molar-refractivity contribution in [3.63, 3.8) is 0 Å². The number of hydrogen-bond acceptors (Lipinski definition) is 0. The maximum Gasteiger partial charge on any atom is 1.00 e. The van der Waals surface area contributed by atoms with E-state index in [9.17, 15) is 0 Å². The zero-order chi connectivity index (χ0) is 0. The third-order valence-electron chi connectivity index (χ3n) is 0. The van der Waals surface area contributed by atoms with Gasteiger partial charge in [0.1, 0.15) is 0 Å². The van der Waals surface area contributed by atoms with E-state index in [-0.39, 0.29) is 89.2 Å². The third-order valence-corrected chi connectivity index (χ3v) is 0. The van der Waals surface area contributed by atoms with Crippen LogP contribution in [0.3, 0.4) is 0 Å². The van der Waals surface area contributed by atoms with Gasteiger partial charge in [-0.3, -0.25) is 0 Å². The predicted octanol–water partition coefficient (Wildman–Crippen LogP) is -2.89. The Bertz CT molecular complexity index is 15.5. The molecule has 0 rings (SSSR count). The van der Waals surface area contributed by atoms with E-state index in [1.54, 1.807) is 0 Å². The van der Waals surface area contributed by atoms with Crippen LogP contribution >= 0.6 is 0 Å². The molecular formula is HCoLiMnNiV. The third kappa shape index (κ3) is 20.3. The van der Waals surface area contributed by atoms with Crippen molar-refractivity contribution in [1.29, 1.82) is 0 Å². The van der Waals surface area contributed by atoms with Crippen molar-refractivity contribution in [3.8, 4) is 0 Å². The van der Waals surface area contributed by atoms with Crippen LogP contribution in [0, 0.1) is 0 Å². The smallest absolute Gasteiger partial charge is 1.00 e. The molecule has 0 fully saturated rings. The van der Waals surface area contributed by atoms with Crippen molar-refractivity contribution in [1.82, 2.24) is 0 Å². The maximum atomic E-state index is 0. The molecule has 0 unspecified atom stereocenters. The molecule has 33 valence electrons. The van der Waals surface area contributed by atoms with Crippen LogP contribution in [0.4, 0.5) is 0 Å². The fourth-order valence-corrected chi connectivity index (χ4v) is 0. The van der Waals surface area contributed by atoms with E-state index >= 15 is 0 Å². The van der Waals surface area contributed by atoms with Crippen molar-refractivity contribution in [2.45, 2.75) is 0 Å². The van der Waals surface area contributed by atoms with Crippen LogP contribution in [0.15, 0.2) is 0 Å². The van der Waals surface area contributed by atoms with Gasteiger partial charge in [-0.2, -0.15) is 0 Å². The summed E-state index contributed by atoms with van der Waals surface area (Å²) in [5.41, 5.74) is 0. The van der Waals surface area contributed by atoms with Gasteiger partial charge in [0.15, 0.2) is 0 Å². The molecule has 0 aliphatic rings. The second-order valence-electron chi connectivity index (χ2n) is 0. The first-order valence-electron chi connectivity index (χ1n) is 0. The number of hydrogen-bond donors (Lipinski definition) is 0. The van der Waals surface area contributed by atoms with Crippen LogP contribution < -0.4 is 18.9 Å². The van der Waals surface area contributed by atoms with Crippen LogP contribution in [0.2, 0.25) is 0 Å². The summed E-state index contributed by atoms with van der Waals surface area (Å²) in [4.78, 5) is 0. The normalized spacial score (nSPS) is 0. The van der Waals surface area contributed by atoms with Gasteiger partial charge in [0, 0.05) is 68.9 Å². The molecule has 0 amide bonds. The van der Waals surface area contributed by atoms with Gasteiger partial charge in [-0.25, -0.2) is 0 Å². The summed E-state index contributed by atoms with van der Waals surface area (Å²) < 4.78 is 0. The Morgan fingerprint density at radius 1 is 1.20 bits per heavy atom. The van der Waals surface area contributed by atoms with Crippen LogP contribution in [-0.4, -0.2) is 0 Å². The molecule has 0 aliphatic heterocycles. The Kier molecular flexibility index (Phi) is 283. The molecule has 3 radical (unpaired) electrons. The summed E-state index contributed by atoms with van der Waals surface area (Å²) in [7, 11) is 0. The summed E-state index contributed by atoms with van der Waals surface area (Å²) in [6, 6.07) is 0. The Balaban J connectivity index is 0. The summed E-state index contributed by atoms with van der Waals surface area (Å²) in [5.74, 6) is 0. The van der Waals surface area contributed by atoms with Crippen LogP contribution in [-0.2, 0) is 68.9 Å². The summed E-state index contributed by atoms with van der Waals surface area (Å²) in [6.07, 6.45) is 0.